The van der Waals surface area contributed by atoms with E-state index < -0.39 is 11.6 Å². The molecule has 1 N–H and O–H groups in total. The van der Waals surface area contributed by atoms with Gasteiger partial charge in [0.25, 0.3) is 0 Å². The smallest absolute Gasteiger partial charge is 0.159 e. The highest BCUT2D eigenvalue weighted by molar-refractivity contribution is 7.08. The molecule has 2 aromatic rings. The van der Waals surface area contributed by atoms with Gasteiger partial charge in [-0.15, -0.1) is 0 Å². The molecule has 0 atom stereocenters. The largest absolute Gasteiger partial charge is 0.310 e. The highest BCUT2D eigenvalue weighted by Gasteiger charge is 2.20. The summed E-state index contributed by atoms with van der Waals surface area (Å²) < 4.78 is 26.2. The fourth-order valence-corrected chi connectivity index (χ4v) is 2.79. The first-order chi connectivity index (χ1) is 8.74. The zero-order chi connectivity index (χ0) is 12.5. The lowest BCUT2D eigenvalue weighted by Crippen LogP contribution is -2.15. The maximum absolute atomic E-state index is 13.2. The van der Waals surface area contributed by atoms with Crippen molar-refractivity contribution < 1.29 is 8.78 Å². The number of hydrogen-bond acceptors (Lipinski definition) is 2. The van der Waals surface area contributed by atoms with Crippen LogP contribution in [0.15, 0.2) is 29.0 Å². The molecule has 1 aromatic heterocycles. The second-order valence-electron chi connectivity index (χ2n) is 4.59. The number of halogens is 2. The van der Waals surface area contributed by atoms with Gasteiger partial charge in [0, 0.05) is 12.6 Å². The van der Waals surface area contributed by atoms with Crippen molar-refractivity contribution in [1.82, 2.24) is 5.32 Å². The van der Waals surface area contributed by atoms with Gasteiger partial charge in [-0.1, -0.05) is 6.07 Å². The number of hydrogen-bond donors (Lipinski definition) is 1. The third-order valence-electron chi connectivity index (χ3n) is 3.13. The van der Waals surface area contributed by atoms with Crippen molar-refractivity contribution in [2.75, 3.05) is 0 Å². The van der Waals surface area contributed by atoms with Crippen molar-refractivity contribution in [3.63, 3.8) is 0 Å². The van der Waals surface area contributed by atoms with Crippen molar-refractivity contribution >= 4 is 11.3 Å². The van der Waals surface area contributed by atoms with E-state index in [1.54, 1.807) is 17.4 Å². The molecule has 18 heavy (non-hydrogen) atoms. The first-order valence-electron chi connectivity index (χ1n) is 5.98. The molecule has 1 nitrogen and oxygen atoms in total. The molecule has 1 fully saturated rings. The van der Waals surface area contributed by atoms with E-state index in [1.807, 2.05) is 5.38 Å². The van der Waals surface area contributed by atoms with Gasteiger partial charge in [0.2, 0.25) is 0 Å². The molecule has 0 saturated heterocycles. The molecule has 0 radical (unpaired) electrons. The highest BCUT2D eigenvalue weighted by Crippen LogP contribution is 2.29. The molecule has 0 unspecified atom stereocenters. The zero-order valence-electron chi connectivity index (χ0n) is 9.75. The molecule has 0 aliphatic heterocycles. The van der Waals surface area contributed by atoms with E-state index >= 15 is 0 Å². The van der Waals surface area contributed by atoms with E-state index in [-0.39, 0.29) is 0 Å². The van der Waals surface area contributed by atoms with Crippen LogP contribution in [0.4, 0.5) is 8.78 Å². The van der Waals surface area contributed by atoms with Gasteiger partial charge >= 0.3 is 0 Å². The van der Waals surface area contributed by atoms with Gasteiger partial charge in [-0.3, -0.25) is 0 Å². The van der Waals surface area contributed by atoms with Crippen LogP contribution in [0.1, 0.15) is 18.4 Å². The molecular formula is C14H13F2NS. The van der Waals surface area contributed by atoms with E-state index in [0.717, 1.165) is 23.2 Å². The second kappa shape index (κ2) is 4.78. The van der Waals surface area contributed by atoms with Crippen LogP contribution >= 0.6 is 11.3 Å². The fourth-order valence-electron chi connectivity index (χ4n) is 1.92. The summed E-state index contributed by atoms with van der Waals surface area (Å²) in [4.78, 5) is 0. The normalized spacial score (nSPS) is 15.0. The molecule has 1 heterocycles. The third-order valence-corrected chi connectivity index (χ3v) is 3.92. The minimum atomic E-state index is -0.799. The predicted octanol–water partition coefficient (Wildman–Crippen LogP) is 3.95. The van der Waals surface area contributed by atoms with Gasteiger partial charge < -0.3 is 5.32 Å². The monoisotopic (exact) mass is 265 g/mol. The maximum atomic E-state index is 13.2. The number of rotatable bonds is 4. The Kier molecular flexibility index (Phi) is 3.14. The van der Waals surface area contributed by atoms with Gasteiger partial charge in [0.1, 0.15) is 0 Å². The highest BCUT2D eigenvalue weighted by atomic mass is 32.1. The van der Waals surface area contributed by atoms with Crippen molar-refractivity contribution in [3.8, 4) is 11.1 Å². The summed E-state index contributed by atoms with van der Waals surface area (Å²) in [6, 6.07) is 4.71. The predicted molar refractivity (Wildman–Crippen MR) is 69.5 cm³/mol. The molecule has 1 aromatic carbocycles. The van der Waals surface area contributed by atoms with Crippen LogP contribution in [0.5, 0.6) is 0 Å². The average molecular weight is 265 g/mol. The van der Waals surface area contributed by atoms with Crippen LogP contribution in [0, 0.1) is 11.6 Å². The minimum Gasteiger partial charge on any atom is -0.310 e. The van der Waals surface area contributed by atoms with Crippen molar-refractivity contribution in [2.24, 2.45) is 0 Å². The Bertz CT molecular complexity index is 561. The first-order valence-corrected chi connectivity index (χ1v) is 6.92. The summed E-state index contributed by atoms with van der Waals surface area (Å²) in [7, 11) is 0. The molecule has 94 valence electrons. The van der Waals surface area contributed by atoms with Crippen LogP contribution in [0.3, 0.4) is 0 Å². The molecule has 1 saturated carbocycles. The van der Waals surface area contributed by atoms with Crippen LogP contribution in [0.2, 0.25) is 0 Å². The topological polar surface area (TPSA) is 12.0 Å². The lowest BCUT2D eigenvalue weighted by molar-refractivity contribution is 0.509. The summed E-state index contributed by atoms with van der Waals surface area (Å²) in [5, 5.41) is 7.48. The van der Waals surface area contributed by atoms with Gasteiger partial charge in [0.15, 0.2) is 11.6 Å². The summed E-state index contributed by atoms with van der Waals surface area (Å²) in [5.41, 5.74) is 2.88. The quantitative estimate of drug-likeness (QED) is 0.882. The fraction of sp³-hybridized carbons (Fsp3) is 0.286. The van der Waals surface area contributed by atoms with Crippen molar-refractivity contribution in [3.05, 3.63) is 46.2 Å². The molecule has 1 aliphatic rings. The van der Waals surface area contributed by atoms with Crippen LogP contribution in [-0.4, -0.2) is 6.04 Å². The number of thiophene rings is 1. The summed E-state index contributed by atoms with van der Waals surface area (Å²) >= 11 is 1.59. The van der Waals surface area contributed by atoms with Gasteiger partial charge in [0.05, 0.1) is 0 Å². The van der Waals surface area contributed by atoms with E-state index in [9.17, 15) is 8.78 Å². The first kappa shape index (κ1) is 11.8. The summed E-state index contributed by atoms with van der Waals surface area (Å²) in [5.74, 6) is -1.59. The molecule has 4 heteroatoms. The summed E-state index contributed by atoms with van der Waals surface area (Å²) in [6.07, 6.45) is 2.48. The van der Waals surface area contributed by atoms with Gasteiger partial charge in [-0.05, 0) is 52.4 Å². The van der Waals surface area contributed by atoms with E-state index in [1.165, 1.54) is 25.0 Å². The van der Waals surface area contributed by atoms with E-state index in [0.29, 0.717) is 6.04 Å². The van der Waals surface area contributed by atoms with Crippen LogP contribution < -0.4 is 5.32 Å². The SMILES string of the molecule is Fc1ccc(-c2cscc2CNC2CC2)cc1F. The standard InChI is InChI=1S/C14H13F2NS/c15-13-4-1-9(5-14(13)16)12-8-18-7-10(12)6-17-11-2-3-11/h1,4-5,7-8,11,17H,2-3,6H2. The Morgan fingerprint density at radius 3 is 2.72 bits per heavy atom. The average Bonchev–Trinajstić information content (AvgIpc) is 3.08. The van der Waals surface area contributed by atoms with Gasteiger partial charge in [-0.25, -0.2) is 8.78 Å². The second-order valence-corrected chi connectivity index (χ2v) is 5.34. The molecular weight excluding hydrogens is 252 g/mol. The zero-order valence-corrected chi connectivity index (χ0v) is 10.6. The lowest BCUT2D eigenvalue weighted by Gasteiger charge is -2.06. The minimum absolute atomic E-state index is 0.641. The lowest BCUT2D eigenvalue weighted by atomic mass is 10.0. The molecule has 1 aliphatic carbocycles. The number of benzene rings is 1. The van der Waals surface area contributed by atoms with Crippen LogP contribution in [0.25, 0.3) is 11.1 Å². The van der Waals surface area contributed by atoms with Crippen molar-refractivity contribution in [1.29, 1.82) is 0 Å². The Morgan fingerprint density at radius 1 is 1.17 bits per heavy atom. The maximum Gasteiger partial charge on any atom is 0.159 e. The Hall–Kier alpha value is -1.26. The third kappa shape index (κ3) is 2.44. The Balaban J connectivity index is 1.85. The van der Waals surface area contributed by atoms with E-state index in [4.69, 9.17) is 0 Å². The number of nitrogens with one attached hydrogen (secondary N) is 1. The molecule has 0 bridgehead atoms. The molecule has 0 amide bonds. The molecule has 0 spiro atoms. The Labute approximate surface area is 108 Å². The Morgan fingerprint density at radius 2 is 2.00 bits per heavy atom. The van der Waals surface area contributed by atoms with Gasteiger partial charge in [-0.2, -0.15) is 11.3 Å². The molecule has 3 rings (SSSR count). The summed E-state index contributed by atoms with van der Waals surface area (Å²) in [6.45, 7) is 0.794. The van der Waals surface area contributed by atoms with E-state index in [2.05, 4.69) is 10.7 Å². The van der Waals surface area contributed by atoms with Crippen LogP contribution in [-0.2, 0) is 6.54 Å². The van der Waals surface area contributed by atoms with Crippen molar-refractivity contribution in [2.45, 2.75) is 25.4 Å².